The molecule has 0 bridgehead atoms. The van der Waals surface area contributed by atoms with Crippen LogP contribution >= 0.6 is 0 Å². The predicted octanol–water partition coefficient (Wildman–Crippen LogP) is 3.26. The van der Waals surface area contributed by atoms with Crippen molar-refractivity contribution < 1.29 is 14.3 Å². The summed E-state index contributed by atoms with van der Waals surface area (Å²) in [7, 11) is 0. The second-order valence-electron chi connectivity index (χ2n) is 6.51. The van der Waals surface area contributed by atoms with Crippen molar-refractivity contribution >= 4 is 12.0 Å². The highest BCUT2D eigenvalue weighted by Gasteiger charge is 2.17. The Bertz CT molecular complexity index is 535. The smallest absolute Gasteiger partial charge is 0.407 e. The number of rotatable bonds is 6. The van der Waals surface area contributed by atoms with Crippen molar-refractivity contribution in [3.63, 3.8) is 0 Å². The van der Waals surface area contributed by atoms with Crippen LogP contribution in [0.15, 0.2) is 24.3 Å². The predicted molar refractivity (Wildman–Crippen MR) is 91.1 cm³/mol. The van der Waals surface area contributed by atoms with Gasteiger partial charge in [0.25, 0.3) is 0 Å². The zero-order chi connectivity index (χ0) is 17.5. The fraction of sp³-hybridized carbons (Fsp3) is 0.556. The summed E-state index contributed by atoms with van der Waals surface area (Å²) in [6.07, 6.45) is -0.230. The van der Waals surface area contributed by atoms with Gasteiger partial charge in [-0.15, -0.1) is 0 Å². The number of nitrogens with one attached hydrogen (secondary N) is 1. The molecule has 0 heterocycles. The Morgan fingerprint density at radius 2 is 1.87 bits per heavy atom. The van der Waals surface area contributed by atoms with Gasteiger partial charge in [0.15, 0.2) is 0 Å². The van der Waals surface area contributed by atoms with Crippen molar-refractivity contribution in [1.29, 1.82) is 0 Å². The Hall–Kier alpha value is -2.04. The van der Waals surface area contributed by atoms with E-state index < -0.39 is 11.7 Å². The molecule has 1 aromatic rings. The Balaban J connectivity index is 2.46. The number of hydrogen-bond donors (Lipinski definition) is 1. The first-order valence-corrected chi connectivity index (χ1v) is 8.02. The number of amides is 2. The summed E-state index contributed by atoms with van der Waals surface area (Å²) < 4.78 is 5.14. The van der Waals surface area contributed by atoms with Crippen molar-refractivity contribution in [3.8, 4) is 0 Å². The first-order valence-electron chi connectivity index (χ1n) is 8.02. The van der Waals surface area contributed by atoms with Gasteiger partial charge in [-0.25, -0.2) is 4.79 Å². The maximum atomic E-state index is 12.3. The van der Waals surface area contributed by atoms with Crippen LogP contribution in [0.4, 0.5) is 4.79 Å². The van der Waals surface area contributed by atoms with E-state index in [9.17, 15) is 9.59 Å². The standard InChI is InChI=1S/C18H28N2O3/c1-6-20(13-15-10-8-7-9-14(15)2)16(21)11-12-19-17(22)23-18(3,4)5/h7-10H,6,11-13H2,1-5H3,(H,19,22). The maximum Gasteiger partial charge on any atom is 0.407 e. The molecule has 0 saturated carbocycles. The summed E-state index contributed by atoms with van der Waals surface area (Å²) in [6, 6.07) is 8.04. The molecule has 0 aromatic heterocycles. The number of hydrogen-bond acceptors (Lipinski definition) is 3. The monoisotopic (exact) mass is 320 g/mol. The minimum Gasteiger partial charge on any atom is -0.444 e. The molecule has 0 unspecified atom stereocenters. The molecule has 5 nitrogen and oxygen atoms in total. The van der Waals surface area contributed by atoms with Crippen molar-refractivity contribution in [1.82, 2.24) is 10.2 Å². The van der Waals surface area contributed by atoms with E-state index in [2.05, 4.69) is 5.32 Å². The number of benzene rings is 1. The van der Waals surface area contributed by atoms with Crippen LogP contribution in [0.25, 0.3) is 0 Å². The van der Waals surface area contributed by atoms with Crippen molar-refractivity contribution in [2.75, 3.05) is 13.1 Å². The molecule has 0 atom stereocenters. The molecule has 1 aromatic carbocycles. The summed E-state index contributed by atoms with van der Waals surface area (Å²) >= 11 is 0. The van der Waals surface area contributed by atoms with E-state index in [1.807, 2.05) is 38.1 Å². The summed E-state index contributed by atoms with van der Waals surface area (Å²) in [4.78, 5) is 25.6. The fourth-order valence-electron chi connectivity index (χ4n) is 2.11. The van der Waals surface area contributed by atoms with Gasteiger partial charge < -0.3 is 15.0 Å². The third kappa shape index (κ3) is 7.17. The third-order valence-corrected chi connectivity index (χ3v) is 3.36. The number of carbonyl (C=O) groups is 2. The van der Waals surface area contributed by atoms with Gasteiger partial charge in [-0.1, -0.05) is 24.3 Å². The van der Waals surface area contributed by atoms with Gasteiger partial charge in [-0.05, 0) is 45.7 Å². The summed E-state index contributed by atoms with van der Waals surface area (Å²) in [5.41, 5.74) is 1.78. The normalized spacial score (nSPS) is 11.0. The molecule has 1 rings (SSSR count). The number of carbonyl (C=O) groups excluding carboxylic acids is 2. The molecular formula is C18H28N2O3. The lowest BCUT2D eigenvalue weighted by Crippen LogP contribution is -2.36. The second kappa shape index (κ2) is 8.56. The van der Waals surface area contributed by atoms with Gasteiger partial charge in [-0.2, -0.15) is 0 Å². The van der Waals surface area contributed by atoms with Crippen molar-refractivity contribution in [2.24, 2.45) is 0 Å². The molecule has 0 radical (unpaired) electrons. The van der Waals surface area contributed by atoms with Crippen LogP contribution < -0.4 is 5.32 Å². The highest BCUT2D eigenvalue weighted by molar-refractivity contribution is 5.77. The molecule has 128 valence electrons. The van der Waals surface area contributed by atoms with Gasteiger partial charge in [0.1, 0.15) is 5.60 Å². The van der Waals surface area contributed by atoms with E-state index in [1.165, 1.54) is 5.56 Å². The van der Waals surface area contributed by atoms with Crippen molar-refractivity contribution in [3.05, 3.63) is 35.4 Å². The molecule has 0 aliphatic heterocycles. The highest BCUT2D eigenvalue weighted by Crippen LogP contribution is 2.11. The molecule has 0 spiro atoms. The first kappa shape index (κ1) is 19.0. The molecule has 0 aliphatic rings. The summed E-state index contributed by atoms with van der Waals surface area (Å²) in [5.74, 6) is 0.0202. The van der Waals surface area contributed by atoms with Crippen molar-refractivity contribution in [2.45, 2.75) is 53.2 Å². The van der Waals surface area contributed by atoms with Gasteiger partial charge in [0, 0.05) is 26.1 Å². The van der Waals surface area contributed by atoms with Crippen LogP contribution in [0, 0.1) is 6.92 Å². The van der Waals surface area contributed by atoms with E-state index >= 15 is 0 Å². The van der Waals surface area contributed by atoms with E-state index in [1.54, 1.807) is 25.7 Å². The first-order chi connectivity index (χ1) is 10.7. The van der Waals surface area contributed by atoms with Crippen LogP contribution in [0.3, 0.4) is 0 Å². The zero-order valence-corrected chi connectivity index (χ0v) is 14.8. The van der Waals surface area contributed by atoms with Gasteiger partial charge >= 0.3 is 6.09 Å². The number of alkyl carbamates (subject to hydrolysis) is 1. The minimum atomic E-state index is -0.533. The highest BCUT2D eigenvalue weighted by atomic mass is 16.6. The average Bonchev–Trinajstić information content (AvgIpc) is 2.44. The molecule has 0 fully saturated rings. The Labute approximate surface area is 139 Å². The van der Waals surface area contributed by atoms with E-state index in [0.29, 0.717) is 13.1 Å². The van der Waals surface area contributed by atoms with Crippen LogP contribution in [0.2, 0.25) is 0 Å². The zero-order valence-electron chi connectivity index (χ0n) is 14.8. The lowest BCUT2D eigenvalue weighted by molar-refractivity contribution is -0.131. The largest absolute Gasteiger partial charge is 0.444 e. The molecule has 2 amide bonds. The van der Waals surface area contributed by atoms with Crippen LogP contribution in [-0.2, 0) is 16.1 Å². The lowest BCUT2D eigenvalue weighted by atomic mass is 10.1. The van der Waals surface area contributed by atoms with E-state index in [0.717, 1.165) is 5.56 Å². The topological polar surface area (TPSA) is 58.6 Å². The minimum absolute atomic E-state index is 0.0202. The Morgan fingerprint density at radius 1 is 1.22 bits per heavy atom. The van der Waals surface area contributed by atoms with Gasteiger partial charge in [-0.3, -0.25) is 4.79 Å². The Kier molecular flexibility index (Phi) is 7.07. The van der Waals surface area contributed by atoms with Crippen LogP contribution in [-0.4, -0.2) is 35.6 Å². The molecule has 0 saturated heterocycles. The second-order valence-corrected chi connectivity index (χ2v) is 6.51. The van der Waals surface area contributed by atoms with E-state index in [4.69, 9.17) is 4.74 Å². The molecule has 23 heavy (non-hydrogen) atoms. The van der Waals surface area contributed by atoms with E-state index in [-0.39, 0.29) is 18.9 Å². The average molecular weight is 320 g/mol. The van der Waals surface area contributed by atoms with Gasteiger partial charge in [0.2, 0.25) is 5.91 Å². The SMILES string of the molecule is CCN(Cc1ccccc1C)C(=O)CCNC(=O)OC(C)(C)C. The number of aryl methyl sites for hydroxylation is 1. The molecule has 5 heteroatoms. The third-order valence-electron chi connectivity index (χ3n) is 3.36. The molecule has 0 aliphatic carbocycles. The molecule has 1 N–H and O–H groups in total. The van der Waals surface area contributed by atoms with Crippen LogP contribution in [0.5, 0.6) is 0 Å². The maximum absolute atomic E-state index is 12.3. The summed E-state index contributed by atoms with van der Waals surface area (Å²) in [5, 5.41) is 2.62. The summed E-state index contributed by atoms with van der Waals surface area (Å²) in [6.45, 7) is 10.9. The quantitative estimate of drug-likeness (QED) is 0.875. The molecular weight excluding hydrogens is 292 g/mol. The fourth-order valence-corrected chi connectivity index (χ4v) is 2.11. The number of nitrogens with zero attached hydrogens (tertiary/aromatic N) is 1. The van der Waals surface area contributed by atoms with Crippen LogP contribution in [0.1, 0.15) is 45.2 Å². The Morgan fingerprint density at radius 3 is 2.43 bits per heavy atom. The number of ether oxygens (including phenoxy) is 1. The lowest BCUT2D eigenvalue weighted by Gasteiger charge is -2.23. The van der Waals surface area contributed by atoms with Gasteiger partial charge in [0.05, 0.1) is 0 Å².